The fourth-order valence-corrected chi connectivity index (χ4v) is 2.34. The molecule has 0 radical (unpaired) electrons. The molecule has 0 unspecified atom stereocenters. The van der Waals surface area contributed by atoms with E-state index in [-0.39, 0.29) is 0 Å². The van der Waals surface area contributed by atoms with Crippen LogP contribution < -0.4 is 10.5 Å². The summed E-state index contributed by atoms with van der Waals surface area (Å²) in [7, 11) is 0. The van der Waals surface area contributed by atoms with Crippen molar-refractivity contribution in [3.63, 3.8) is 0 Å². The first kappa shape index (κ1) is 16.9. The van der Waals surface area contributed by atoms with Gasteiger partial charge in [-0.05, 0) is 30.7 Å². The largest absolute Gasteiger partial charge is 0.494 e. The van der Waals surface area contributed by atoms with Gasteiger partial charge in [-0.2, -0.15) is 0 Å². The second kappa shape index (κ2) is 11.6. The summed E-state index contributed by atoms with van der Waals surface area (Å²) in [5.74, 6) is 0.926. The van der Waals surface area contributed by atoms with Crippen LogP contribution in [-0.2, 0) is 0 Å². The van der Waals surface area contributed by atoms with E-state index >= 15 is 0 Å². The van der Waals surface area contributed by atoms with Crippen LogP contribution in [0.5, 0.6) is 5.75 Å². The fourth-order valence-electron chi connectivity index (χ4n) is 2.34. The molecule has 1 aromatic carbocycles. The predicted molar refractivity (Wildman–Crippen MR) is 88.2 cm³/mol. The second-order valence-electron chi connectivity index (χ2n) is 5.60. The average Bonchev–Trinajstić information content (AvgIpc) is 2.47. The molecule has 0 aliphatic rings. The van der Waals surface area contributed by atoms with E-state index in [1.165, 1.54) is 57.8 Å². The van der Waals surface area contributed by atoms with E-state index in [9.17, 15) is 0 Å². The summed E-state index contributed by atoms with van der Waals surface area (Å²) in [4.78, 5) is 0. The maximum Gasteiger partial charge on any atom is 0.119 e. The Kier molecular flexibility index (Phi) is 9.81. The lowest BCUT2D eigenvalue weighted by Crippen LogP contribution is -1.97. The molecule has 114 valence electrons. The molecule has 2 N–H and O–H groups in total. The van der Waals surface area contributed by atoms with Gasteiger partial charge in [0.2, 0.25) is 0 Å². The van der Waals surface area contributed by atoms with Crippen LogP contribution in [0.1, 0.15) is 71.1 Å². The van der Waals surface area contributed by atoms with Crippen molar-refractivity contribution < 1.29 is 4.74 Å². The minimum Gasteiger partial charge on any atom is -0.494 e. The Labute approximate surface area is 124 Å². The lowest BCUT2D eigenvalue weighted by Gasteiger charge is -2.06. The highest BCUT2D eigenvalue weighted by atomic mass is 16.5. The van der Waals surface area contributed by atoms with Crippen LogP contribution in [-0.4, -0.2) is 6.61 Å². The molecule has 1 aromatic rings. The SMILES string of the molecule is CCCCCCCCCCCCOc1ccc(N)cc1. The molecular weight excluding hydrogens is 246 g/mol. The number of hydrogen-bond acceptors (Lipinski definition) is 2. The molecule has 0 aliphatic carbocycles. The standard InChI is InChI=1S/C18H31NO/c1-2-3-4-5-6-7-8-9-10-11-16-20-18-14-12-17(19)13-15-18/h12-15H,2-11,16,19H2,1H3. The third-order valence-corrected chi connectivity index (χ3v) is 3.65. The van der Waals surface area contributed by atoms with Gasteiger partial charge in [-0.25, -0.2) is 0 Å². The molecule has 0 fully saturated rings. The summed E-state index contributed by atoms with van der Waals surface area (Å²) in [6, 6.07) is 7.64. The number of unbranched alkanes of at least 4 members (excludes halogenated alkanes) is 9. The Balaban J connectivity index is 1.84. The maximum absolute atomic E-state index is 5.68. The number of anilines is 1. The molecule has 1 rings (SSSR count). The van der Waals surface area contributed by atoms with Crippen LogP contribution in [0.25, 0.3) is 0 Å². The molecule has 0 saturated carbocycles. The number of hydrogen-bond donors (Lipinski definition) is 1. The lowest BCUT2D eigenvalue weighted by molar-refractivity contribution is 0.304. The molecule has 0 atom stereocenters. The minimum absolute atomic E-state index is 0.788. The summed E-state index contributed by atoms with van der Waals surface area (Å²) >= 11 is 0. The van der Waals surface area contributed by atoms with Gasteiger partial charge in [0.05, 0.1) is 6.61 Å². The Morgan fingerprint density at radius 2 is 1.25 bits per heavy atom. The lowest BCUT2D eigenvalue weighted by atomic mass is 10.1. The van der Waals surface area contributed by atoms with Crippen LogP contribution in [0.4, 0.5) is 5.69 Å². The Morgan fingerprint density at radius 1 is 0.750 bits per heavy atom. The normalized spacial score (nSPS) is 10.7. The van der Waals surface area contributed by atoms with E-state index in [2.05, 4.69) is 6.92 Å². The molecular formula is C18H31NO. The first-order valence-electron chi connectivity index (χ1n) is 8.31. The number of benzene rings is 1. The second-order valence-corrected chi connectivity index (χ2v) is 5.60. The molecule has 0 aromatic heterocycles. The van der Waals surface area contributed by atoms with Crippen LogP contribution in [0.15, 0.2) is 24.3 Å². The van der Waals surface area contributed by atoms with Gasteiger partial charge in [-0.3, -0.25) is 0 Å². The van der Waals surface area contributed by atoms with Crippen molar-refractivity contribution in [1.82, 2.24) is 0 Å². The van der Waals surface area contributed by atoms with E-state index in [4.69, 9.17) is 10.5 Å². The summed E-state index contributed by atoms with van der Waals surface area (Å²) in [5, 5.41) is 0. The van der Waals surface area contributed by atoms with Crippen molar-refractivity contribution in [1.29, 1.82) is 0 Å². The van der Waals surface area contributed by atoms with Crippen molar-refractivity contribution in [2.24, 2.45) is 0 Å². The van der Waals surface area contributed by atoms with Crippen LogP contribution >= 0.6 is 0 Å². The molecule has 2 nitrogen and oxygen atoms in total. The van der Waals surface area contributed by atoms with Crippen LogP contribution in [0.3, 0.4) is 0 Å². The average molecular weight is 277 g/mol. The zero-order valence-electron chi connectivity index (χ0n) is 13.1. The zero-order chi connectivity index (χ0) is 14.5. The quantitative estimate of drug-likeness (QED) is 0.400. The van der Waals surface area contributed by atoms with Crippen molar-refractivity contribution in [3.05, 3.63) is 24.3 Å². The van der Waals surface area contributed by atoms with Gasteiger partial charge < -0.3 is 10.5 Å². The van der Waals surface area contributed by atoms with E-state index in [0.29, 0.717) is 0 Å². The zero-order valence-corrected chi connectivity index (χ0v) is 13.1. The highest BCUT2D eigenvalue weighted by Crippen LogP contribution is 2.14. The molecule has 20 heavy (non-hydrogen) atoms. The van der Waals surface area contributed by atoms with Crippen LogP contribution in [0.2, 0.25) is 0 Å². The smallest absolute Gasteiger partial charge is 0.119 e. The molecule has 0 bridgehead atoms. The maximum atomic E-state index is 5.68. The fraction of sp³-hybridized carbons (Fsp3) is 0.667. The Bertz CT molecular complexity index is 321. The highest BCUT2D eigenvalue weighted by molar-refractivity contribution is 5.41. The van der Waals surface area contributed by atoms with E-state index in [0.717, 1.165) is 24.5 Å². The van der Waals surface area contributed by atoms with E-state index in [1.54, 1.807) is 0 Å². The van der Waals surface area contributed by atoms with Gasteiger partial charge >= 0.3 is 0 Å². The third-order valence-electron chi connectivity index (χ3n) is 3.65. The highest BCUT2D eigenvalue weighted by Gasteiger charge is 1.95. The molecule has 0 saturated heterocycles. The number of rotatable bonds is 12. The van der Waals surface area contributed by atoms with Gasteiger partial charge in [0.25, 0.3) is 0 Å². The Hall–Kier alpha value is -1.18. The number of nitrogen functional groups attached to an aromatic ring is 1. The van der Waals surface area contributed by atoms with Crippen LogP contribution in [0, 0.1) is 0 Å². The number of ether oxygens (including phenoxy) is 1. The summed E-state index contributed by atoms with van der Waals surface area (Å²) < 4.78 is 5.68. The Morgan fingerprint density at radius 3 is 1.80 bits per heavy atom. The van der Waals surface area contributed by atoms with Gasteiger partial charge in [0.15, 0.2) is 0 Å². The molecule has 0 spiro atoms. The van der Waals surface area contributed by atoms with Crippen molar-refractivity contribution >= 4 is 5.69 Å². The summed E-state index contributed by atoms with van der Waals surface area (Å²) in [5.41, 5.74) is 6.42. The first-order valence-corrected chi connectivity index (χ1v) is 8.31. The van der Waals surface area contributed by atoms with Gasteiger partial charge in [-0.1, -0.05) is 64.7 Å². The van der Waals surface area contributed by atoms with Crippen molar-refractivity contribution in [3.8, 4) is 5.75 Å². The van der Waals surface area contributed by atoms with Gasteiger partial charge in [-0.15, -0.1) is 0 Å². The topological polar surface area (TPSA) is 35.2 Å². The minimum atomic E-state index is 0.788. The van der Waals surface area contributed by atoms with Crippen molar-refractivity contribution in [2.45, 2.75) is 71.1 Å². The monoisotopic (exact) mass is 277 g/mol. The van der Waals surface area contributed by atoms with Crippen molar-refractivity contribution in [2.75, 3.05) is 12.3 Å². The molecule has 0 aliphatic heterocycles. The van der Waals surface area contributed by atoms with E-state index in [1.807, 2.05) is 24.3 Å². The summed E-state index contributed by atoms with van der Waals surface area (Å²) in [6.07, 6.45) is 13.6. The van der Waals surface area contributed by atoms with E-state index < -0.39 is 0 Å². The van der Waals surface area contributed by atoms with Gasteiger partial charge in [0.1, 0.15) is 5.75 Å². The van der Waals surface area contributed by atoms with Gasteiger partial charge in [0, 0.05) is 5.69 Å². The molecule has 2 heteroatoms. The number of nitrogens with two attached hydrogens (primary N) is 1. The predicted octanol–water partition coefficient (Wildman–Crippen LogP) is 5.57. The third kappa shape index (κ3) is 8.84. The molecule has 0 amide bonds. The summed E-state index contributed by atoms with van der Waals surface area (Å²) in [6.45, 7) is 3.09. The first-order chi connectivity index (χ1) is 9.83. The molecule has 0 heterocycles.